The van der Waals surface area contributed by atoms with Gasteiger partial charge in [0.2, 0.25) is 0 Å². The number of rotatable bonds is 2. The van der Waals surface area contributed by atoms with Crippen molar-refractivity contribution in [1.82, 2.24) is 4.98 Å². The van der Waals surface area contributed by atoms with Gasteiger partial charge in [-0.05, 0) is 0 Å². The molecule has 2 rings (SSSR count). The number of benzene rings is 1. The van der Waals surface area contributed by atoms with Crippen molar-refractivity contribution in [1.29, 1.82) is 0 Å². The predicted octanol–water partition coefficient (Wildman–Crippen LogP) is 2.61. The van der Waals surface area contributed by atoms with Crippen LogP contribution >= 0.6 is 8.25 Å². The Balaban J connectivity index is 2.51. The molecule has 0 aliphatic rings. The first-order chi connectivity index (χ1) is 6.92. The average molecular weight is 390 g/mol. The number of nitrogens with zero attached hydrogens (tertiary/aromatic N) is 1. The van der Waals surface area contributed by atoms with Crippen LogP contribution in [0.1, 0.15) is 0 Å². The zero-order valence-corrected chi connectivity index (χ0v) is 13.9. The maximum atomic E-state index is 6.08. The van der Waals surface area contributed by atoms with Crippen molar-refractivity contribution in [3.05, 3.63) is 48.7 Å². The molecule has 0 unspecified atom stereocenters. The molecule has 3 heteroatoms. The van der Waals surface area contributed by atoms with Gasteiger partial charge in [0.1, 0.15) is 0 Å². The molecular formula is C11H8ClHgN. The number of halogens is 1. The number of aromatic nitrogens is 1. The van der Waals surface area contributed by atoms with Crippen LogP contribution in [0.25, 0.3) is 11.3 Å². The first-order valence-electron chi connectivity index (χ1n) is 4.47. The fourth-order valence-corrected chi connectivity index (χ4v) is 6.05. The maximum absolute atomic E-state index is 6.08. The fraction of sp³-hybridized carbons (Fsp3) is 0. The Labute approximate surface area is 99.0 Å². The molecule has 0 amide bonds. The van der Waals surface area contributed by atoms with E-state index >= 15 is 0 Å². The van der Waals surface area contributed by atoms with Crippen LogP contribution in [0.4, 0.5) is 0 Å². The zero-order chi connectivity index (χ0) is 9.80. The van der Waals surface area contributed by atoms with Crippen molar-refractivity contribution >= 4 is 11.3 Å². The third-order valence-electron chi connectivity index (χ3n) is 2.10. The standard InChI is InChI=1S/C11H8N.ClH.Hg/c1-2-6-10(7-3-1)11-8-4-5-9-12-11;;/h1-6,8-9H;1H;/q;;+1/p-1. The molecule has 0 bridgehead atoms. The summed E-state index contributed by atoms with van der Waals surface area (Å²) in [7, 11) is 6.08. The third-order valence-corrected chi connectivity index (χ3v) is 8.15. The molecule has 0 aliphatic carbocycles. The van der Waals surface area contributed by atoms with E-state index in [1.807, 2.05) is 36.5 Å². The molecule has 2 aromatic rings. The van der Waals surface area contributed by atoms with E-state index < -0.39 is 23.3 Å². The molecule has 0 aliphatic heterocycles. The van der Waals surface area contributed by atoms with Crippen LogP contribution in [-0.2, 0) is 23.3 Å². The van der Waals surface area contributed by atoms with E-state index in [1.165, 1.54) is 8.64 Å². The molecule has 1 aromatic heterocycles. The van der Waals surface area contributed by atoms with Gasteiger partial charge in [0.15, 0.2) is 0 Å². The fourth-order valence-electron chi connectivity index (χ4n) is 1.41. The van der Waals surface area contributed by atoms with Gasteiger partial charge in [-0.25, -0.2) is 0 Å². The van der Waals surface area contributed by atoms with Gasteiger partial charge in [-0.3, -0.25) is 0 Å². The summed E-state index contributed by atoms with van der Waals surface area (Å²) in [4.78, 5) is 4.33. The van der Waals surface area contributed by atoms with E-state index in [2.05, 4.69) is 17.1 Å². The Hall–Kier alpha value is -0.405. The summed E-state index contributed by atoms with van der Waals surface area (Å²) in [5.41, 5.74) is 2.24. The van der Waals surface area contributed by atoms with Gasteiger partial charge in [0.25, 0.3) is 0 Å². The third kappa shape index (κ3) is 2.15. The molecular weight excluding hydrogens is 382 g/mol. The normalized spacial score (nSPS) is 9.50. The molecule has 1 nitrogen and oxygen atoms in total. The van der Waals surface area contributed by atoms with E-state index in [-0.39, 0.29) is 0 Å². The summed E-state index contributed by atoms with van der Waals surface area (Å²) in [5.74, 6) is 0. The summed E-state index contributed by atoms with van der Waals surface area (Å²) in [5, 5.41) is 0. The van der Waals surface area contributed by atoms with Crippen LogP contribution in [-0.4, -0.2) is 4.98 Å². The van der Waals surface area contributed by atoms with Crippen molar-refractivity contribution in [3.8, 4) is 11.3 Å². The topological polar surface area (TPSA) is 12.9 Å². The van der Waals surface area contributed by atoms with Crippen molar-refractivity contribution in [2.75, 3.05) is 0 Å². The van der Waals surface area contributed by atoms with Crippen LogP contribution in [0.2, 0.25) is 0 Å². The van der Waals surface area contributed by atoms with Crippen LogP contribution in [0.15, 0.2) is 48.7 Å². The van der Waals surface area contributed by atoms with Gasteiger partial charge < -0.3 is 0 Å². The molecule has 0 fully saturated rings. The molecule has 0 radical (unpaired) electrons. The van der Waals surface area contributed by atoms with Gasteiger partial charge in [0.05, 0.1) is 0 Å². The number of hydrogen-bond acceptors (Lipinski definition) is 1. The van der Waals surface area contributed by atoms with E-state index in [0.717, 1.165) is 5.69 Å². The Morgan fingerprint density at radius 3 is 2.50 bits per heavy atom. The van der Waals surface area contributed by atoms with Gasteiger partial charge >= 0.3 is 99.6 Å². The summed E-state index contributed by atoms with van der Waals surface area (Å²) in [6, 6.07) is 14.3. The first kappa shape index (κ1) is 10.1. The second-order valence-corrected chi connectivity index (χ2v) is 9.35. The Kier molecular flexibility index (Phi) is 3.54. The minimum atomic E-state index is -1.35. The van der Waals surface area contributed by atoms with Crippen LogP contribution in [0, 0.1) is 0 Å². The van der Waals surface area contributed by atoms with E-state index in [9.17, 15) is 0 Å². The quantitative estimate of drug-likeness (QED) is 0.719. The first-order valence-corrected chi connectivity index (χ1v) is 14.0. The molecule has 66 valence electrons. The van der Waals surface area contributed by atoms with Gasteiger partial charge in [-0.1, -0.05) is 0 Å². The van der Waals surface area contributed by atoms with E-state index in [0.29, 0.717) is 0 Å². The summed E-state index contributed by atoms with van der Waals surface area (Å²) in [6.07, 6.45) is 1.82. The number of hydrogen-bond donors (Lipinski definition) is 0. The second-order valence-electron chi connectivity index (χ2n) is 3.01. The Morgan fingerprint density at radius 1 is 1.00 bits per heavy atom. The van der Waals surface area contributed by atoms with Crippen molar-refractivity contribution < 1.29 is 23.3 Å². The molecule has 1 aromatic carbocycles. The molecule has 0 saturated carbocycles. The van der Waals surface area contributed by atoms with Crippen molar-refractivity contribution in [3.63, 3.8) is 0 Å². The minimum absolute atomic E-state index is 1.03. The van der Waals surface area contributed by atoms with E-state index in [1.54, 1.807) is 0 Å². The Morgan fingerprint density at radius 2 is 1.79 bits per heavy atom. The SMILES string of the molecule is [Cl][Hg][c]1ccccc1-c1ccccn1. The second kappa shape index (κ2) is 4.90. The van der Waals surface area contributed by atoms with Crippen molar-refractivity contribution in [2.45, 2.75) is 0 Å². The molecule has 1 heterocycles. The molecule has 0 saturated heterocycles. The summed E-state index contributed by atoms with van der Waals surface area (Å²) < 4.78 is 1.34. The summed E-state index contributed by atoms with van der Waals surface area (Å²) in [6.45, 7) is 0. The van der Waals surface area contributed by atoms with Crippen LogP contribution < -0.4 is 3.07 Å². The van der Waals surface area contributed by atoms with Gasteiger partial charge in [-0.15, -0.1) is 0 Å². The van der Waals surface area contributed by atoms with Gasteiger partial charge in [-0.2, -0.15) is 0 Å². The summed E-state index contributed by atoms with van der Waals surface area (Å²) >= 11 is -1.35. The van der Waals surface area contributed by atoms with Crippen LogP contribution in [0.3, 0.4) is 0 Å². The monoisotopic (exact) mass is 391 g/mol. The van der Waals surface area contributed by atoms with Gasteiger partial charge in [0, 0.05) is 0 Å². The molecule has 14 heavy (non-hydrogen) atoms. The molecule has 0 N–H and O–H groups in total. The van der Waals surface area contributed by atoms with Crippen LogP contribution in [0.5, 0.6) is 0 Å². The number of pyridine rings is 1. The Bertz CT molecular complexity index is 417. The average Bonchev–Trinajstić information content (AvgIpc) is 2.30. The van der Waals surface area contributed by atoms with Crippen molar-refractivity contribution in [2.24, 2.45) is 0 Å². The molecule has 0 spiro atoms. The predicted molar refractivity (Wildman–Crippen MR) is 55.2 cm³/mol. The van der Waals surface area contributed by atoms with E-state index in [4.69, 9.17) is 8.25 Å². The zero-order valence-electron chi connectivity index (χ0n) is 7.65. The molecule has 0 atom stereocenters.